The molecular weight excluding hydrogens is 388 g/mol. The van der Waals surface area contributed by atoms with Crippen LogP contribution in [-0.4, -0.2) is 57.3 Å². The van der Waals surface area contributed by atoms with Crippen LogP contribution in [0.25, 0.3) is 0 Å². The van der Waals surface area contributed by atoms with Gasteiger partial charge >= 0.3 is 5.97 Å². The van der Waals surface area contributed by atoms with Gasteiger partial charge in [0.25, 0.3) is 0 Å². The molecule has 7 heteroatoms. The van der Waals surface area contributed by atoms with Crippen molar-refractivity contribution < 1.29 is 34.4 Å². The lowest BCUT2D eigenvalue weighted by Crippen LogP contribution is -2.63. The molecule has 3 fully saturated rings. The van der Waals surface area contributed by atoms with Crippen molar-refractivity contribution in [2.24, 2.45) is 28.6 Å². The summed E-state index contributed by atoms with van der Waals surface area (Å²) in [5.74, 6) is -1.79. The van der Waals surface area contributed by atoms with E-state index >= 15 is 0 Å². The molecule has 3 N–H and O–H groups in total. The van der Waals surface area contributed by atoms with Gasteiger partial charge in [-0.15, -0.1) is 0 Å². The fourth-order valence-electron chi connectivity index (χ4n) is 7.12. The molecule has 4 rings (SSSR count). The number of fused-ring (bicyclic) bond motifs is 5. The first-order valence-corrected chi connectivity index (χ1v) is 10.6. The number of Topliss-reactive ketones (excluding diaryl/α,β-unsaturated/α-hetero) is 1. The van der Waals surface area contributed by atoms with Crippen molar-refractivity contribution >= 4 is 17.5 Å². The van der Waals surface area contributed by atoms with Gasteiger partial charge in [0.2, 0.25) is 5.78 Å². The molecule has 0 aromatic heterocycles. The van der Waals surface area contributed by atoms with Gasteiger partial charge in [0.15, 0.2) is 18.0 Å². The van der Waals surface area contributed by atoms with E-state index in [9.17, 15) is 29.7 Å². The molecule has 7 nitrogen and oxygen atoms in total. The van der Waals surface area contributed by atoms with E-state index in [2.05, 4.69) is 0 Å². The Morgan fingerprint density at radius 1 is 1.27 bits per heavy atom. The molecule has 0 aliphatic heterocycles. The van der Waals surface area contributed by atoms with Crippen LogP contribution in [0.2, 0.25) is 0 Å². The molecule has 0 amide bonds. The second-order valence-electron chi connectivity index (χ2n) is 9.93. The van der Waals surface area contributed by atoms with Crippen LogP contribution in [0, 0.1) is 28.6 Å². The molecule has 30 heavy (non-hydrogen) atoms. The molecule has 4 unspecified atom stereocenters. The quantitative estimate of drug-likeness (QED) is 0.587. The molecule has 164 valence electrons. The topological polar surface area (TPSA) is 121 Å². The van der Waals surface area contributed by atoms with Crippen LogP contribution in [0.4, 0.5) is 0 Å². The molecule has 0 spiro atoms. The van der Waals surface area contributed by atoms with Crippen molar-refractivity contribution in [3.05, 3.63) is 23.8 Å². The lowest BCUT2D eigenvalue weighted by Gasteiger charge is -2.59. The van der Waals surface area contributed by atoms with Crippen LogP contribution in [0.15, 0.2) is 23.8 Å². The number of allylic oxidation sites excluding steroid dienone is 4. The zero-order valence-electron chi connectivity index (χ0n) is 17.6. The van der Waals surface area contributed by atoms with Gasteiger partial charge in [0.05, 0.1) is 12.2 Å². The van der Waals surface area contributed by atoms with Gasteiger partial charge in [-0.3, -0.25) is 14.4 Å². The Morgan fingerprint density at radius 2 is 1.97 bits per heavy atom. The number of hydrogen-bond donors (Lipinski definition) is 3. The lowest BCUT2D eigenvalue weighted by molar-refractivity contribution is -0.192. The van der Waals surface area contributed by atoms with E-state index in [0.29, 0.717) is 12.8 Å². The number of aliphatic hydroxyl groups excluding tert-OH is 2. The summed E-state index contributed by atoms with van der Waals surface area (Å²) in [6.45, 7) is 4.36. The molecule has 8 atom stereocenters. The molecule has 0 saturated heterocycles. The van der Waals surface area contributed by atoms with Crippen LogP contribution >= 0.6 is 0 Å². The van der Waals surface area contributed by atoms with Crippen LogP contribution in [0.3, 0.4) is 0 Å². The summed E-state index contributed by atoms with van der Waals surface area (Å²) in [4.78, 5) is 35.9. The average Bonchev–Trinajstić information content (AvgIpc) is 2.87. The summed E-state index contributed by atoms with van der Waals surface area (Å²) in [7, 11) is 0. The minimum Gasteiger partial charge on any atom is -0.458 e. The Bertz CT molecular complexity index is 860. The minimum atomic E-state index is -2.09. The van der Waals surface area contributed by atoms with Crippen molar-refractivity contribution in [2.75, 3.05) is 6.61 Å². The standard InChI is InChI=1S/C23H30O7/c1-12(24)30-11-19(28)23(29)18(27)9-16-15-5-4-13-8-14(25)6-7-21(13,2)20(15)17(26)10-22(16,23)3/h6-8,15-18,20,26-27,29H,4-5,9-11H2,1-3H3/t15?,16?,17-,18?,20?,21-,22-,23-/m0/s1. The monoisotopic (exact) mass is 418 g/mol. The number of rotatable bonds is 3. The molecular formula is C23H30O7. The number of carbonyl (C=O) groups is 3. The van der Waals surface area contributed by atoms with Crippen molar-refractivity contribution in [3.8, 4) is 0 Å². The summed E-state index contributed by atoms with van der Waals surface area (Å²) < 4.78 is 4.81. The smallest absolute Gasteiger partial charge is 0.303 e. The Labute approximate surface area is 175 Å². The number of aliphatic hydroxyl groups is 3. The molecule has 0 radical (unpaired) electrons. The van der Waals surface area contributed by atoms with Crippen molar-refractivity contribution in [1.29, 1.82) is 0 Å². The van der Waals surface area contributed by atoms with Gasteiger partial charge in [-0.25, -0.2) is 0 Å². The molecule has 0 aromatic rings. The SMILES string of the molecule is CC(=O)OCC(=O)[C@@]1(O)C(O)CC2C3CCC4=CC(=O)C=C[C@]4(C)C3[C@@H](O)C[C@@]21C. The van der Waals surface area contributed by atoms with Crippen LogP contribution in [-0.2, 0) is 19.1 Å². The Balaban J connectivity index is 1.70. The number of esters is 1. The maximum atomic E-state index is 12.9. The first-order valence-electron chi connectivity index (χ1n) is 10.6. The zero-order valence-corrected chi connectivity index (χ0v) is 17.6. The van der Waals surface area contributed by atoms with E-state index in [1.807, 2.05) is 13.0 Å². The van der Waals surface area contributed by atoms with E-state index in [-0.39, 0.29) is 36.4 Å². The molecule has 4 aliphatic rings. The third kappa shape index (κ3) is 2.71. The second kappa shape index (κ2) is 6.84. The first kappa shape index (κ1) is 21.4. The summed E-state index contributed by atoms with van der Waals surface area (Å²) >= 11 is 0. The van der Waals surface area contributed by atoms with Gasteiger partial charge in [-0.2, -0.15) is 0 Å². The lowest BCUT2D eigenvalue weighted by atomic mass is 9.46. The number of ketones is 2. The predicted octanol–water partition coefficient (Wildman–Crippen LogP) is 1.10. The van der Waals surface area contributed by atoms with Crippen molar-refractivity contribution in [2.45, 2.75) is 64.3 Å². The van der Waals surface area contributed by atoms with E-state index < -0.39 is 47.0 Å². The highest BCUT2D eigenvalue weighted by Gasteiger charge is 2.71. The predicted molar refractivity (Wildman–Crippen MR) is 106 cm³/mol. The third-order valence-corrected chi connectivity index (χ3v) is 8.55. The fraction of sp³-hybridized carbons (Fsp3) is 0.696. The Kier molecular flexibility index (Phi) is 4.88. The highest BCUT2D eigenvalue weighted by molar-refractivity contribution is 6.01. The van der Waals surface area contributed by atoms with E-state index in [1.54, 1.807) is 19.1 Å². The number of ether oxygens (including phenoxy) is 1. The highest BCUT2D eigenvalue weighted by atomic mass is 16.5. The summed E-state index contributed by atoms with van der Waals surface area (Å²) in [5.41, 5.74) is -2.59. The first-order chi connectivity index (χ1) is 13.9. The minimum absolute atomic E-state index is 0.0241. The van der Waals surface area contributed by atoms with Crippen molar-refractivity contribution in [3.63, 3.8) is 0 Å². The maximum absolute atomic E-state index is 12.9. The Morgan fingerprint density at radius 3 is 2.63 bits per heavy atom. The second-order valence-corrected chi connectivity index (χ2v) is 9.93. The van der Waals surface area contributed by atoms with Crippen LogP contribution < -0.4 is 0 Å². The van der Waals surface area contributed by atoms with Gasteiger partial charge in [0.1, 0.15) is 0 Å². The molecule has 0 aromatic carbocycles. The number of hydrogen-bond acceptors (Lipinski definition) is 7. The van der Waals surface area contributed by atoms with Gasteiger partial charge in [0, 0.05) is 23.7 Å². The van der Waals surface area contributed by atoms with E-state index in [4.69, 9.17) is 4.74 Å². The van der Waals surface area contributed by atoms with E-state index in [0.717, 1.165) is 5.57 Å². The number of carbonyl (C=O) groups excluding carboxylic acids is 3. The zero-order chi connectivity index (χ0) is 22.1. The van der Waals surface area contributed by atoms with Gasteiger partial charge in [-0.1, -0.05) is 25.5 Å². The molecule has 0 heterocycles. The normalized spacial score (nSPS) is 47.1. The highest BCUT2D eigenvalue weighted by Crippen LogP contribution is 2.67. The fourth-order valence-corrected chi connectivity index (χ4v) is 7.12. The Hall–Kier alpha value is -1.83. The average molecular weight is 418 g/mol. The summed E-state index contributed by atoms with van der Waals surface area (Å²) in [6.07, 6.45) is 4.78. The molecule has 4 aliphatic carbocycles. The van der Waals surface area contributed by atoms with Crippen LogP contribution in [0.1, 0.15) is 46.5 Å². The van der Waals surface area contributed by atoms with E-state index in [1.165, 1.54) is 6.92 Å². The maximum Gasteiger partial charge on any atom is 0.303 e. The summed E-state index contributed by atoms with van der Waals surface area (Å²) in [5, 5.41) is 33.6. The molecule has 3 saturated carbocycles. The van der Waals surface area contributed by atoms with Crippen molar-refractivity contribution in [1.82, 2.24) is 0 Å². The van der Waals surface area contributed by atoms with Gasteiger partial charge in [-0.05, 0) is 49.7 Å². The largest absolute Gasteiger partial charge is 0.458 e. The third-order valence-electron chi connectivity index (χ3n) is 8.55. The summed E-state index contributed by atoms with van der Waals surface area (Å²) in [6, 6.07) is 0. The molecule has 0 bridgehead atoms. The van der Waals surface area contributed by atoms with Gasteiger partial charge < -0.3 is 20.1 Å². The van der Waals surface area contributed by atoms with Crippen LogP contribution in [0.5, 0.6) is 0 Å².